The molecular weight excluding hydrogens is 304 g/mol. The first-order valence-electron chi connectivity index (χ1n) is 7.21. The van der Waals surface area contributed by atoms with Gasteiger partial charge < -0.3 is 10.1 Å². The van der Waals surface area contributed by atoms with Crippen LogP contribution in [-0.2, 0) is 21.3 Å². The first kappa shape index (κ1) is 18.6. The van der Waals surface area contributed by atoms with Crippen LogP contribution in [0.1, 0.15) is 29.3 Å². The Kier molecular flexibility index (Phi) is 7.50. The van der Waals surface area contributed by atoms with Crippen LogP contribution in [0.3, 0.4) is 0 Å². The van der Waals surface area contributed by atoms with E-state index in [-0.39, 0.29) is 5.97 Å². The molecule has 1 N–H and O–H groups in total. The number of hydrogen-bond acceptors (Lipinski definition) is 5. The highest BCUT2D eigenvalue weighted by Gasteiger charge is 2.12. The van der Waals surface area contributed by atoms with E-state index in [9.17, 15) is 13.2 Å². The van der Waals surface area contributed by atoms with Crippen LogP contribution in [0, 0.1) is 0 Å². The SMILES string of the molecule is CCN(CCCNCc1ccc(C(=O)OC)cc1)S(C)(=O)=O. The van der Waals surface area contributed by atoms with Crippen LogP contribution in [0.25, 0.3) is 0 Å². The average Bonchev–Trinajstić information content (AvgIpc) is 2.49. The molecule has 0 fully saturated rings. The van der Waals surface area contributed by atoms with Gasteiger partial charge in [0.15, 0.2) is 0 Å². The Hall–Kier alpha value is -1.44. The summed E-state index contributed by atoms with van der Waals surface area (Å²) >= 11 is 0. The topological polar surface area (TPSA) is 75.7 Å². The molecule has 0 aliphatic heterocycles. The minimum Gasteiger partial charge on any atom is -0.465 e. The van der Waals surface area contributed by atoms with Crippen molar-refractivity contribution >= 4 is 16.0 Å². The number of hydrogen-bond donors (Lipinski definition) is 1. The predicted molar refractivity (Wildman–Crippen MR) is 86.2 cm³/mol. The summed E-state index contributed by atoms with van der Waals surface area (Å²) in [6, 6.07) is 7.19. The third-order valence-electron chi connectivity index (χ3n) is 3.29. The van der Waals surface area contributed by atoms with Crippen molar-refractivity contribution in [3.05, 3.63) is 35.4 Å². The highest BCUT2D eigenvalue weighted by atomic mass is 32.2. The lowest BCUT2D eigenvalue weighted by atomic mass is 10.1. The Morgan fingerprint density at radius 2 is 1.91 bits per heavy atom. The van der Waals surface area contributed by atoms with Crippen molar-refractivity contribution in [2.24, 2.45) is 0 Å². The van der Waals surface area contributed by atoms with Gasteiger partial charge in [0.2, 0.25) is 10.0 Å². The molecule has 0 heterocycles. The summed E-state index contributed by atoms with van der Waals surface area (Å²) in [4.78, 5) is 11.3. The monoisotopic (exact) mass is 328 g/mol. The van der Waals surface area contributed by atoms with E-state index in [4.69, 9.17) is 0 Å². The number of nitrogens with one attached hydrogen (secondary N) is 1. The molecule has 0 saturated carbocycles. The van der Waals surface area contributed by atoms with Gasteiger partial charge in [0, 0.05) is 19.6 Å². The van der Waals surface area contributed by atoms with Crippen molar-refractivity contribution in [2.45, 2.75) is 19.9 Å². The molecule has 7 heteroatoms. The summed E-state index contributed by atoms with van der Waals surface area (Å²) in [7, 11) is -1.75. The molecule has 22 heavy (non-hydrogen) atoms. The van der Waals surface area contributed by atoms with E-state index in [2.05, 4.69) is 10.1 Å². The van der Waals surface area contributed by atoms with Crippen LogP contribution in [0.4, 0.5) is 0 Å². The molecule has 1 aromatic carbocycles. The highest BCUT2D eigenvalue weighted by molar-refractivity contribution is 7.88. The molecule has 124 valence electrons. The highest BCUT2D eigenvalue weighted by Crippen LogP contribution is 2.05. The number of esters is 1. The minimum absolute atomic E-state index is 0.347. The van der Waals surface area contributed by atoms with Crippen LogP contribution >= 0.6 is 0 Å². The van der Waals surface area contributed by atoms with E-state index in [0.29, 0.717) is 25.2 Å². The Bertz CT molecular complexity index is 570. The lowest BCUT2D eigenvalue weighted by Gasteiger charge is -2.17. The predicted octanol–water partition coefficient (Wildman–Crippen LogP) is 1.23. The zero-order valence-electron chi connectivity index (χ0n) is 13.3. The molecule has 1 rings (SSSR count). The summed E-state index contributed by atoms with van der Waals surface area (Å²) < 4.78 is 29.0. The number of ether oxygens (including phenoxy) is 1. The van der Waals surface area contributed by atoms with Crippen molar-refractivity contribution in [3.63, 3.8) is 0 Å². The molecule has 0 radical (unpaired) electrons. The van der Waals surface area contributed by atoms with Gasteiger partial charge >= 0.3 is 5.97 Å². The molecule has 0 aromatic heterocycles. The Morgan fingerprint density at radius 3 is 2.41 bits per heavy atom. The zero-order chi connectivity index (χ0) is 16.6. The summed E-state index contributed by atoms with van der Waals surface area (Å²) in [5, 5.41) is 3.26. The maximum atomic E-state index is 11.4. The molecule has 0 aliphatic carbocycles. The molecule has 1 aromatic rings. The number of rotatable bonds is 9. The Morgan fingerprint density at radius 1 is 1.27 bits per heavy atom. The van der Waals surface area contributed by atoms with Crippen molar-refractivity contribution in [1.82, 2.24) is 9.62 Å². The van der Waals surface area contributed by atoms with Crippen LogP contribution in [0.5, 0.6) is 0 Å². The molecule has 6 nitrogen and oxygen atoms in total. The Balaban J connectivity index is 2.32. The second-order valence-corrected chi connectivity index (χ2v) is 6.96. The third-order valence-corrected chi connectivity index (χ3v) is 4.67. The average molecular weight is 328 g/mol. The van der Waals surface area contributed by atoms with Gasteiger partial charge in [-0.2, -0.15) is 0 Å². The summed E-state index contributed by atoms with van der Waals surface area (Å²) in [5.41, 5.74) is 1.58. The van der Waals surface area contributed by atoms with Gasteiger partial charge in [-0.05, 0) is 30.7 Å². The minimum atomic E-state index is -3.11. The standard InChI is InChI=1S/C15H24N2O4S/c1-4-17(22(3,19)20)11-5-10-16-12-13-6-8-14(9-7-13)15(18)21-2/h6-9,16H,4-5,10-12H2,1-3H3. The second-order valence-electron chi connectivity index (χ2n) is 4.97. The fourth-order valence-corrected chi connectivity index (χ4v) is 2.98. The quantitative estimate of drug-likeness (QED) is 0.545. The van der Waals surface area contributed by atoms with Crippen molar-refractivity contribution in [2.75, 3.05) is 33.0 Å². The van der Waals surface area contributed by atoms with E-state index in [1.165, 1.54) is 17.7 Å². The van der Waals surface area contributed by atoms with Gasteiger partial charge in [-0.1, -0.05) is 19.1 Å². The van der Waals surface area contributed by atoms with Gasteiger partial charge in [0.1, 0.15) is 0 Å². The van der Waals surface area contributed by atoms with Crippen molar-refractivity contribution in [3.8, 4) is 0 Å². The van der Waals surface area contributed by atoms with E-state index in [1.54, 1.807) is 12.1 Å². The number of carbonyl (C=O) groups is 1. The number of nitrogens with zero attached hydrogens (tertiary/aromatic N) is 1. The van der Waals surface area contributed by atoms with Gasteiger partial charge in [0.25, 0.3) is 0 Å². The number of carbonyl (C=O) groups excluding carboxylic acids is 1. The maximum absolute atomic E-state index is 11.4. The molecule has 0 bridgehead atoms. The number of benzene rings is 1. The smallest absolute Gasteiger partial charge is 0.337 e. The molecule has 0 amide bonds. The normalized spacial score (nSPS) is 11.6. The van der Waals surface area contributed by atoms with Crippen LogP contribution in [0.15, 0.2) is 24.3 Å². The largest absolute Gasteiger partial charge is 0.465 e. The van der Waals surface area contributed by atoms with Crippen LogP contribution in [0.2, 0.25) is 0 Å². The van der Waals surface area contributed by atoms with Gasteiger partial charge in [0.05, 0.1) is 18.9 Å². The number of sulfonamides is 1. The van der Waals surface area contributed by atoms with Crippen LogP contribution in [-0.4, -0.2) is 51.7 Å². The summed E-state index contributed by atoms with van der Waals surface area (Å²) in [6.45, 7) is 4.24. The molecule has 0 saturated heterocycles. The molecule has 0 spiro atoms. The third kappa shape index (κ3) is 6.13. The lowest BCUT2D eigenvalue weighted by molar-refractivity contribution is 0.0600. The molecule has 0 unspecified atom stereocenters. The number of methoxy groups -OCH3 is 1. The molecular formula is C15H24N2O4S. The fourth-order valence-electron chi connectivity index (χ4n) is 2.05. The van der Waals surface area contributed by atoms with E-state index >= 15 is 0 Å². The fraction of sp³-hybridized carbons (Fsp3) is 0.533. The van der Waals surface area contributed by atoms with E-state index in [0.717, 1.165) is 18.5 Å². The van der Waals surface area contributed by atoms with Gasteiger partial charge in [-0.3, -0.25) is 0 Å². The summed E-state index contributed by atoms with van der Waals surface area (Å²) in [5.74, 6) is -0.347. The zero-order valence-corrected chi connectivity index (χ0v) is 14.1. The second kappa shape index (κ2) is 8.87. The first-order chi connectivity index (χ1) is 10.4. The lowest BCUT2D eigenvalue weighted by Crippen LogP contribution is -2.32. The van der Waals surface area contributed by atoms with Gasteiger partial charge in [-0.15, -0.1) is 0 Å². The van der Waals surface area contributed by atoms with E-state index in [1.807, 2.05) is 19.1 Å². The first-order valence-corrected chi connectivity index (χ1v) is 9.06. The molecule has 0 atom stereocenters. The van der Waals surface area contributed by atoms with Gasteiger partial charge in [-0.25, -0.2) is 17.5 Å². The summed E-state index contributed by atoms with van der Waals surface area (Å²) in [6.07, 6.45) is 1.98. The van der Waals surface area contributed by atoms with E-state index < -0.39 is 10.0 Å². The molecule has 0 aliphatic rings. The van der Waals surface area contributed by atoms with Crippen molar-refractivity contribution in [1.29, 1.82) is 0 Å². The van der Waals surface area contributed by atoms with Crippen molar-refractivity contribution < 1.29 is 17.9 Å². The maximum Gasteiger partial charge on any atom is 0.337 e. The Labute approximate surface area is 132 Å². The van der Waals surface area contributed by atoms with Crippen LogP contribution < -0.4 is 5.32 Å².